The summed E-state index contributed by atoms with van der Waals surface area (Å²) < 4.78 is 0. The van der Waals surface area contributed by atoms with Crippen LogP contribution in [0.5, 0.6) is 0 Å². The molecular formula is C12H16N2O2. The van der Waals surface area contributed by atoms with E-state index in [0.29, 0.717) is 6.42 Å². The van der Waals surface area contributed by atoms with Crippen molar-refractivity contribution in [2.75, 3.05) is 11.1 Å². The average molecular weight is 220 g/mol. The van der Waals surface area contributed by atoms with Gasteiger partial charge < -0.3 is 16.2 Å². The number of carboxylic acid groups (broad SMARTS) is 1. The van der Waals surface area contributed by atoms with Gasteiger partial charge in [-0.2, -0.15) is 0 Å². The molecule has 0 unspecified atom stereocenters. The van der Waals surface area contributed by atoms with E-state index in [4.69, 9.17) is 10.8 Å². The van der Waals surface area contributed by atoms with Gasteiger partial charge in [-0.3, -0.25) is 4.79 Å². The van der Waals surface area contributed by atoms with Gasteiger partial charge >= 0.3 is 5.97 Å². The third-order valence-corrected chi connectivity index (χ3v) is 3.06. The van der Waals surface area contributed by atoms with Crippen molar-refractivity contribution < 1.29 is 9.90 Å². The lowest BCUT2D eigenvalue weighted by Crippen LogP contribution is -2.17. The molecule has 86 valence electrons. The fraction of sp³-hybridized carbons (Fsp3) is 0.417. The summed E-state index contributed by atoms with van der Waals surface area (Å²) in [6.45, 7) is 0. The lowest BCUT2D eigenvalue weighted by Gasteiger charge is -2.13. The maximum absolute atomic E-state index is 10.8. The van der Waals surface area contributed by atoms with Crippen LogP contribution in [0.2, 0.25) is 0 Å². The number of anilines is 2. The number of hydrogen-bond donors (Lipinski definition) is 3. The lowest BCUT2D eigenvalue weighted by molar-refractivity contribution is -0.141. The number of nitrogens with one attached hydrogen (secondary N) is 1. The van der Waals surface area contributed by atoms with Gasteiger partial charge in [-0.25, -0.2) is 0 Å². The SMILES string of the molecule is Nc1ccc(N[C@@H]2CC[C@H](C(=O)O)C2)cc1. The summed E-state index contributed by atoms with van der Waals surface area (Å²) in [4.78, 5) is 10.8. The van der Waals surface area contributed by atoms with Gasteiger partial charge in [-0.1, -0.05) is 0 Å². The first-order valence-corrected chi connectivity index (χ1v) is 5.50. The van der Waals surface area contributed by atoms with Crippen molar-refractivity contribution in [1.82, 2.24) is 0 Å². The third kappa shape index (κ3) is 2.45. The van der Waals surface area contributed by atoms with E-state index in [1.165, 1.54) is 0 Å². The minimum Gasteiger partial charge on any atom is -0.481 e. The van der Waals surface area contributed by atoms with Crippen molar-refractivity contribution in [3.63, 3.8) is 0 Å². The lowest BCUT2D eigenvalue weighted by atomic mass is 10.1. The Balaban J connectivity index is 1.92. The normalized spacial score (nSPS) is 24.2. The number of nitrogens with two attached hydrogens (primary N) is 1. The summed E-state index contributed by atoms with van der Waals surface area (Å²) in [7, 11) is 0. The van der Waals surface area contributed by atoms with Crippen LogP contribution in [-0.2, 0) is 4.79 Å². The Morgan fingerprint density at radius 2 is 2.00 bits per heavy atom. The molecule has 0 radical (unpaired) electrons. The molecule has 1 aromatic rings. The van der Waals surface area contributed by atoms with E-state index in [-0.39, 0.29) is 12.0 Å². The molecule has 0 aromatic heterocycles. The molecule has 1 aliphatic carbocycles. The zero-order valence-electron chi connectivity index (χ0n) is 9.02. The highest BCUT2D eigenvalue weighted by Crippen LogP contribution is 2.28. The molecule has 0 saturated heterocycles. The molecule has 0 heterocycles. The molecule has 16 heavy (non-hydrogen) atoms. The summed E-state index contributed by atoms with van der Waals surface area (Å²) in [6.07, 6.45) is 2.39. The van der Waals surface area contributed by atoms with Crippen molar-refractivity contribution >= 4 is 17.3 Å². The molecule has 2 atom stereocenters. The van der Waals surface area contributed by atoms with E-state index in [9.17, 15) is 4.79 Å². The number of carboxylic acids is 1. The predicted molar refractivity (Wildman–Crippen MR) is 63.2 cm³/mol. The van der Waals surface area contributed by atoms with Crippen LogP contribution in [0, 0.1) is 5.92 Å². The van der Waals surface area contributed by atoms with Gasteiger partial charge in [-0.15, -0.1) is 0 Å². The van der Waals surface area contributed by atoms with Gasteiger partial charge in [0, 0.05) is 17.4 Å². The van der Waals surface area contributed by atoms with Crippen molar-refractivity contribution in [3.05, 3.63) is 24.3 Å². The molecule has 2 rings (SSSR count). The van der Waals surface area contributed by atoms with Crippen LogP contribution in [0.15, 0.2) is 24.3 Å². The fourth-order valence-corrected chi connectivity index (χ4v) is 2.15. The van der Waals surface area contributed by atoms with Crippen LogP contribution in [-0.4, -0.2) is 17.1 Å². The van der Waals surface area contributed by atoms with Gasteiger partial charge in [0.1, 0.15) is 0 Å². The van der Waals surface area contributed by atoms with Crippen molar-refractivity contribution in [2.24, 2.45) is 5.92 Å². The zero-order valence-corrected chi connectivity index (χ0v) is 9.02. The van der Waals surface area contributed by atoms with Crippen LogP contribution in [0.3, 0.4) is 0 Å². The average Bonchev–Trinajstić information content (AvgIpc) is 2.70. The first kappa shape index (κ1) is 10.8. The van der Waals surface area contributed by atoms with Crippen molar-refractivity contribution in [2.45, 2.75) is 25.3 Å². The highest BCUT2D eigenvalue weighted by atomic mass is 16.4. The molecule has 1 fully saturated rings. The largest absolute Gasteiger partial charge is 0.481 e. The van der Waals surface area contributed by atoms with Crippen LogP contribution in [0.25, 0.3) is 0 Å². The molecule has 1 aromatic carbocycles. The van der Waals surface area contributed by atoms with Gasteiger partial charge in [-0.05, 0) is 43.5 Å². The molecule has 0 amide bonds. The maximum atomic E-state index is 10.8. The van der Waals surface area contributed by atoms with Crippen LogP contribution >= 0.6 is 0 Å². The quantitative estimate of drug-likeness (QED) is 0.680. The number of nitrogen functional groups attached to an aromatic ring is 1. The standard InChI is InChI=1S/C12H16N2O2/c13-9-2-5-10(6-3-9)14-11-4-1-8(7-11)12(15)16/h2-3,5-6,8,11,14H,1,4,7,13H2,(H,15,16)/t8-,11+/m0/s1. The molecule has 0 bridgehead atoms. The smallest absolute Gasteiger partial charge is 0.306 e. The van der Waals surface area contributed by atoms with Gasteiger partial charge in [0.2, 0.25) is 0 Å². The molecular weight excluding hydrogens is 204 g/mol. The predicted octanol–water partition coefficient (Wildman–Crippen LogP) is 1.93. The van der Waals surface area contributed by atoms with E-state index >= 15 is 0 Å². The molecule has 4 heteroatoms. The minimum absolute atomic E-state index is 0.189. The Labute approximate surface area is 94.5 Å². The topological polar surface area (TPSA) is 75.3 Å². The van der Waals surface area contributed by atoms with E-state index in [1.807, 2.05) is 24.3 Å². The van der Waals surface area contributed by atoms with E-state index in [1.54, 1.807) is 0 Å². The fourth-order valence-electron chi connectivity index (χ4n) is 2.15. The molecule has 0 spiro atoms. The van der Waals surface area contributed by atoms with Crippen LogP contribution in [0.1, 0.15) is 19.3 Å². The van der Waals surface area contributed by atoms with Gasteiger partial charge in [0.15, 0.2) is 0 Å². The first-order valence-electron chi connectivity index (χ1n) is 5.50. The second-order valence-corrected chi connectivity index (χ2v) is 4.31. The van der Waals surface area contributed by atoms with Crippen molar-refractivity contribution in [3.8, 4) is 0 Å². The third-order valence-electron chi connectivity index (χ3n) is 3.06. The number of aliphatic carboxylic acids is 1. The van der Waals surface area contributed by atoms with Gasteiger partial charge in [0.05, 0.1) is 5.92 Å². The molecule has 4 N–H and O–H groups in total. The minimum atomic E-state index is -0.679. The second kappa shape index (κ2) is 4.43. The Morgan fingerprint density at radius 1 is 1.31 bits per heavy atom. The highest BCUT2D eigenvalue weighted by Gasteiger charge is 2.29. The van der Waals surface area contributed by atoms with Crippen LogP contribution < -0.4 is 11.1 Å². The van der Waals surface area contributed by atoms with Crippen molar-refractivity contribution in [1.29, 1.82) is 0 Å². The monoisotopic (exact) mass is 220 g/mol. The summed E-state index contributed by atoms with van der Waals surface area (Å²) in [5.74, 6) is -0.868. The Hall–Kier alpha value is -1.71. The summed E-state index contributed by atoms with van der Waals surface area (Å²) in [6, 6.07) is 7.79. The number of carbonyl (C=O) groups is 1. The summed E-state index contributed by atoms with van der Waals surface area (Å²) in [5.41, 5.74) is 7.33. The van der Waals surface area contributed by atoms with E-state index in [0.717, 1.165) is 24.2 Å². The number of rotatable bonds is 3. The molecule has 0 aliphatic heterocycles. The molecule has 4 nitrogen and oxygen atoms in total. The van der Waals surface area contributed by atoms with E-state index in [2.05, 4.69) is 5.32 Å². The van der Waals surface area contributed by atoms with E-state index < -0.39 is 5.97 Å². The second-order valence-electron chi connectivity index (χ2n) is 4.31. The van der Waals surface area contributed by atoms with Crippen LogP contribution in [0.4, 0.5) is 11.4 Å². The maximum Gasteiger partial charge on any atom is 0.306 e. The Bertz CT molecular complexity index is 375. The number of hydrogen-bond acceptors (Lipinski definition) is 3. The highest BCUT2D eigenvalue weighted by molar-refractivity contribution is 5.70. The Morgan fingerprint density at radius 3 is 2.56 bits per heavy atom. The Kier molecular flexibility index (Phi) is 2.99. The molecule has 1 aliphatic rings. The summed E-state index contributed by atoms with van der Waals surface area (Å²) >= 11 is 0. The number of benzene rings is 1. The first-order chi connectivity index (χ1) is 7.65. The summed E-state index contributed by atoms with van der Waals surface area (Å²) in [5, 5.41) is 12.2. The van der Waals surface area contributed by atoms with Gasteiger partial charge in [0.25, 0.3) is 0 Å². The zero-order chi connectivity index (χ0) is 11.5. The molecule has 1 saturated carbocycles.